The number of nitrogens with zero attached hydrogens (tertiary/aromatic N) is 1. The molecule has 0 saturated heterocycles. The van der Waals surface area contributed by atoms with Crippen molar-refractivity contribution in [3.05, 3.63) is 0 Å². The predicted octanol–water partition coefficient (Wildman–Crippen LogP) is 2.49. The molecule has 0 aromatic carbocycles. The zero-order valence-corrected chi connectivity index (χ0v) is 8.71. The van der Waals surface area contributed by atoms with Crippen molar-refractivity contribution < 1.29 is 0 Å². The van der Waals surface area contributed by atoms with E-state index in [1.165, 1.54) is 25.7 Å². The number of nitrogens with one attached hydrogen (secondary N) is 1. The lowest BCUT2D eigenvalue weighted by molar-refractivity contribution is 0.346. The summed E-state index contributed by atoms with van der Waals surface area (Å²) in [5.41, 5.74) is 0. The molecule has 0 aromatic heterocycles. The fraction of sp³-hybridized carbons (Fsp3) is 0.909. The largest absolute Gasteiger partial charge is 0.357 e. The van der Waals surface area contributed by atoms with Gasteiger partial charge in [0.15, 0.2) is 0 Å². The van der Waals surface area contributed by atoms with Crippen molar-refractivity contribution in [1.29, 1.82) is 5.41 Å². The Morgan fingerprint density at radius 2 is 1.92 bits per heavy atom. The third kappa shape index (κ3) is 2.23. The molecular formula is C11H20N2. The molecular weight excluding hydrogens is 160 g/mol. The Balaban J connectivity index is 1.91. The quantitative estimate of drug-likeness (QED) is 0.522. The summed E-state index contributed by atoms with van der Waals surface area (Å²) < 4.78 is 0. The van der Waals surface area contributed by atoms with Crippen LogP contribution in [0.15, 0.2) is 0 Å². The van der Waals surface area contributed by atoms with Crippen LogP contribution in [0.1, 0.15) is 39.5 Å². The van der Waals surface area contributed by atoms with E-state index in [4.69, 9.17) is 5.41 Å². The van der Waals surface area contributed by atoms with Gasteiger partial charge in [-0.3, -0.25) is 5.41 Å². The second kappa shape index (κ2) is 3.32. The van der Waals surface area contributed by atoms with Crippen molar-refractivity contribution in [3.8, 4) is 0 Å². The van der Waals surface area contributed by atoms with Crippen LogP contribution in [0.25, 0.3) is 0 Å². The summed E-state index contributed by atoms with van der Waals surface area (Å²) in [7, 11) is 0. The van der Waals surface area contributed by atoms with Crippen molar-refractivity contribution in [2.24, 2.45) is 11.8 Å². The zero-order valence-electron chi connectivity index (χ0n) is 8.71. The van der Waals surface area contributed by atoms with Crippen molar-refractivity contribution in [2.75, 3.05) is 6.54 Å². The van der Waals surface area contributed by atoms with Gasteiger partial charge in [0.25, 0.3) is 0 Å². The van der Waals surface area contributed by atoms with Crippen LogP contribution in [-0.2, 0) is 0 Å². The maximum absolute atomic E-state index is 8.05. The molecule has 0 bridgehead atoms. The number of amidine groups is 1. The molecule has 13 heavy (non-hydrogen) atoms. The molecule has 0 unspecified atom stereocenters. The van der Waals surface area contributed by atoms with E-state index in [1.807, 2.05) is 0 Å². The molecule has 0 amide bonds. The highest BCUT2D eigenvalue weighted by molar-refractivity contribution is 5.84. The summed E-state index contributed by atoms with van der Waals surface area (Å²) in [4.78, 5) is 2.36. The first-order chi connectivity index (χ1) is 6.18. The van der Waals surface area contributed by atoms with E-state index in [2.05, 4.69) is 18.7 Å². The van der Waals surface area contributed by atoms with Crippen LogP contribution < -0.4 is 0 Å². The van der Waals surface area contributed by atoms with Gasteiger partial charge in [-0.2, -0.15) is 0 Å². The smallest absolute Gasteiger partial charge is 0.0992 e. The lowest BCUT2D eigenvalue weighted by Gasteiger charge is -2.26. The highest BCUT2D eigenvalue weighted by Crippen LogP contribution is 2.36. The van der Waals surface area contributed by atoms with Gasteiger partial charge in [0.2, 0.25) is 0 Å². The van der Waals surface area contributed by atoms with Gasteiger partial charge in [-0.1, -0.05) is 13.8 Å². The van der Waals surface area contributed by atoms with Crippen LogP contribution in [0.4, 0.5) is 0 Å². The second-order valence-electron chi connectivity index (χ2n) is 4.94. The third-order valence-electron chi connectivity index (χ3n) is 2.82. The Bertz CT molecular complexity index is 202. The Labute approximate surface area is 80.8 Å². The Kier molecular flexibility index (Phi) is 2.31. The molecule has 2 nitrogen and oxygen atoms in total. The van der Waals surface area contributed by atoms with Crippen molar-refractivity contribution in [3.63, 3.8) is 0 Å². The molecule has 0 aromatic rings. The first-order valence-corrected chi connectivity index (χ1v) is 5.53. The van der Waals surface area contributed by atoms with Crippen LogP contribution in [0.5, 0.6) is 0 Å². The lowest BCUT2D eigenvalue weighted by atomic mass is 10.2. The predicted molar refractivity (Wildman–Crippen MR) is 55.0 cm³/mol. The summed E-state index contributed by atoms with van der Waals surface area (Å²) >= 11 is 0. The van der Waals surface area contributed by atoms with Gasteiger partial charge in [-0.25, -0.2) is 0 Å². The second-order valence-corrected chi connectivity index (χ2v) is 4.94. The normalized spacial score (nSPS) is 22.1. The summed E-state index contributed by atoms with van der Waals surface area (Å²) in [6.45, 7) is 5.59. The van der Waals surface area contributed by atoms with Gasteiger partial charge >= 0.3 is 0 Å². The molecule has 2 aliphatic rings. The average molecular weight is 180 g/mol. The van der Waals surface area contributed by atoms with Gasteiger partial charge in [0.05, 0.1) is 5.84 Å². The van der Waals surface area contributed by atoms with Gasteiger partial charge < -0.3 is 4.90 Å². The molecule has 74 valence electrons. The van der Waals surface area contributed by atoms with E-state index in [0.29, 0.717) is 11.8 Å². The summed E-state index contributed by atoms with van der Waals surface area (Å²) in [6, 6.07) is 0.732. The molecule has 2 aliphatic carbocycles. The van der Waals surface area contributed by atoms with Gasteiger partial charge in [0, 0.05) is 18.5 Å². The van der Waals surface area contributed by atoms with E-state index in [-0.39, 0.29) is 0 Å². The van der Waals surface area contributed by atoms with Gasteiger partial charge in [-0.15, -0.1) is 0 Å². The molecule has 0 spiro atoms. The average Bonchev–Trinajstić information content (AvgIpc) is 2.83. The van der Waals surface area contributed by atoms with E-state index in [9.17, 15) is 0 Å². The molecule has 0 aliphatic heterocycles. The summed E-state index contributed by atoms with van der Waals surface area (Å²) in [5, 5.41) is 8.05. The van der Waals surface area contributed by atoms with E-state index in [0.717, 1.165) is 18.4 Å². The van der Waals surface area contributed by atoms with Crippen LogP contribution in [0, 0.1) is 17.2 Å². The third-order valence-corrected chi connectivity index (χ3v) is 2.82. The monoisotopic (exact) mass is 180 g/mol. The Morgan fingerprint density at radius 3 is 2.31 bits per heavy atom. The standard InChI is InChI=1S/C11H20N2/c1-8(2)7-13(10-5-6-10)11(12)9-3-4-9/h8-10,12H,3-7H2,1-2H3. The topological polar surface area (TPSA) is 27.1 Å². The highest BCUT2D eigenvalue weighted by atomic mass is 15.2. The molecule has 0 atom stereocenters. The molecule has 1 N–H and O–H groups in total. The van der Waals surface area contributed by atoms with Crippen LogP contribution in [0.2, 0.25) is 0 Å². The minimum atomic E-state index is 0.624. The van der Waals surface area contributed by atoms with Crippen molar-refractivity contribution in [1.82, 2.24) is 4.90 Å². The fourth-order valence-electron chi connectivity index (χ4n) is 1.81. The van der Waals surface area contributed by atoms with Crippen molar-refractivity contribution >= 4 is 5.84 Å². The molecule has 2 saturated carbocycles. The number of hydrogen-bond donors (Lipinski definition) is 1. The molecule has 2 fully saturated rings. The summed E-state index contributed by atoms with van der Waals surface area (Å²) in [6.07, 6.45) is 5.17. The fourth-order valence-corrected chi connectivity index (χ4v) is 1.81. The lowest BCUT2D eigenvalue weighted by Crippen LogP contribution is -2.36. The van der Waals surface area contributed by atoms with E-state index >= 15 is 0 Å². The van der Waals surface area contributed by atoms with E-state index in [1.54, 1.807) is 0 Å². The molecule has 2 rings (SSSR count). The van der Waals surface area contributed by atoms with Crippen molar-refractivity contribution in [2.45, 2.75) is 45.6 Å². The Morgan fingerprint density at radius 1 is 1.31 bits per heavy atom. The Hall–Kier alpha value is -0.530. The van der Waals surface area contributed by atoms with Gasteiger partial charge in [0.1, 0.15) is 0 Å². The molecule has 0 radical (unpaired) electrons. The zero-order chi connectivity index (χ0) is 9.42. The molecule has 0 heterocycles. The van der Waals surface area contributed by atoms with Crippen LogP contribution in [-0.4, -0.2) is 23.3 Å². The van der Waals surface area contributed by atoms with E-state index < -0.39 is 0 Å². The SMILES string of the molecule is CC(C)CN(C(=N)C1CC1)C1CC1. The highest BCUT2D eigenvalue weighted by Gasteiger charge is 2.37. The maximum atomic E-state index is 8.05. The maximum Gasteiger partial charge on any atom is 0.0992 e. The molecule has 2 heteroatoms. The number of rotatable bonds is 4. The summed E-state index contributed by atoms with van der Waals surface area (Å²) in [5.74, 6) is 2.26. The van der Waals surface area contributed by atoms with Crippen LogP contribution in [0.3, 0.4) is 0 Å². The first kappa shape index (κ1) is 9.04. The minimum Gasteiger partial charge on any atom is -0.357 e. The van der Waals surface area contributed by atoms with Crippen LogP contribution >= 0.6 is 0 Å². The van der Waals surface area contributed by atoms with Gasteiger partial charge in [-0.05, 0) is 31.6 Å². The first-order valence-electron chi connectivity index (χ1n) is 5.53. The number of hydrogen-bond acceptors (Lipinski definition) is 1. The minimum absolute atomic E-state index is 0.624.